The normalized spacial score (nSPS) is 11.7. The van der Waals surface area contributed by atoms with E-state index in [2.05, 4.69) is 37.4 Å². The highest BCUT2D eigenvalue weighted by molar-refractivity contribution is 9.10. The van der Waals surface area contributed by atoms with Gasteiger partial charge in [-0.2, -0.15) is 0 Å². The molecule has 0 saturated carbocycles. The Balaban J connectivity index is 1.79. The van der Waals surface area contributed by atoms with Crippen LogP contribution in [-0.2, 0) is 6.42 Å². The first-order valence-electron chi connectivity index (χ1n) is 9.81. The number of ether oxygens (including phenoxy) is 1. The highest BCUT2D eigenvalue weighted by Gasteiger charge is 2.18. The lowest BCUT2D eigenvalue weighted by Crippen LogP contribution is -2.12. The molecule has 3 heterocycles. The van der Waals surface area contributed by atoms with Crippen molar-refractivity contribution >= 4 is 43.1 Å². The second-order valence-electron chi connectivity index (χ2n) is 7.35. The van der Waals surface area contributed by atoms with E-state index in [1.165, 1.54) is 0 Å². The van der Waals surface area contributed by atoms with Crippen molar-refractivity contribution in [2.45, 2.75) is 12.8 Å². The summed E-state index contributed by atoms with van der Waals surface area (Å²) in [5.41, 5.74) is 3.65. The van der Waals surface area contributed by atoms with Gasteiger partial charge < -0.3 is 14.2 Å². The fourth-order valence-corrected chi connectivity index (χ4v) is 4.37. The number of halogens is 1. The van der Waals surface area contributed by atoms with Crippen LogP contribution in [0.5, 0.6) is 5.75 Å². The Morgan fingerprint density at radius 3 is 2.77 bits per heavy atom. The maximum Gasteiger partial charge on any atom is 0.193 e. The lowest BCUT2D eigenvalue weighted by molar-refractivity contribution is 0.234. The molecule has 1 N–H and O–H groups in total. The van der Waals surface area contributed by atoms with Gasteiger partial charge in [-0.05, 0) is 42.0 Å². The molecule has 0 spiro atoms. The van der Waals surface area contributed by atoms with Crippen molar-refractivity contribution in [2.75, 3.05) is 13.2 Å². The largest absolute Gasteiger partial charge is 0.493 e. The van der Waals surface area contributed by atoms with Crippen LogP contribution in [0.25, 0.3) is 27.2 Å². The van der Waals surface area contributed by atoms with Crippen molar-refractivity contribution in [1.82, 2.24) is 9.38 Å². The molecule has 0 radical (unpaired) electrons. The summed E-state index contributed by atoms with van der Waals surface area (Å²) in [6.45, 7) is 0.467. The number of hydrogen-bond donors (Lipinski definition) is 1. The average molecular weight is 463 g/mol. The Bertz CT molecular complexity index is 1410. The van der Waals surface area contributed by atoms with E-state index in [-0.39, 0.29) is 12.0 Å². The summed E-state index contributed by atoms with van der Waals surface area (Å²) >= 11 is 3.56. The van der Waals surface area contributed by atoms with Gasteiger partial charge in [0.05, 0.1) is 23.0 Å². The third-order valence-electron chi connectivity index (χ3n) is 5.34. The highest BCUT2D eigenvalue weighted by Crippen LogP contribution is 2.35. The molecule has 2 aromatic carbocycles. The zero-order valence-corrected chi connectivity index (χ0v) is 17.7. The molecule has 5 rings (SSSR count). The first-order chi connectivity index (χ1) is 14.7. The molecule has 5 aromatic rings. The number of rotatable bonds is 6. The maximum atomic E-state index is 13.4. The minimum atomic E-state index is 0.00540. The number of aliphatic hydroxyl groups excluding tert-OH is 1. The third-order valence-corrected chi connectivity index (χ3v) is 5.84. The SMILES string of the molecule is O=c1c(Cc2cccnc2)cn2c3ccc(Br)cc3c3cc(OCCCO)cc1c32. The monoisotopic (exact) mass is 462 g/mol. The maximum absolute atomic E-state index is 13.4. The summed E-state index contributed by atoms with van der Waals surface area (Å²) in [5.74, 6) is 0.640. The number of pyridine rings is 2. The predicted molar refractivity (Wildman–Crippen MR) is 122 cm³/mol. The van der Waals surface area contributed by atoms with Crippen molar-refractivity contribution in [3.63, 3.8) is 0 Å². The first kappa shape index (κ1) is 19.0. The molecular weight excluding hydrogens is 444 g/mol. The summed E-state index contributed by atoms with van der Waals surface area (Å²) < 4.78 is 8.94. The van der Waals surface area contributed by atoms with E-state index in [1.807, 2.05) is 36.5 Å². The van der Waals surface area contributed by atoms with Gasteiger partial charge >= 0.3 is 0 Å². The van der Waals surface area contributed by atoms with Gasteiger partial charge in [-0.15, -0.1) is 0 Å². The first-order valence-corrected chi connectivity index (χ1v) is 10.6. The molecule has 150 valence electrons. The molecule has 3 aromatic heterocycles. The summed E-state index contributed by atoms with van der Waals surface area (Å²) in [4.78, 5) is 17.6. The Kier molecular flexibility index (Phi) is 4.89. The average Bonchev–Trinajstić information content (AvgIpc) is 3.06. The number of aliphatic hydroxyl groups is 1. The van der Waals surface area contributed by atoms with Crippen LogP contribution in [0.4, 0.5) is 0 Å². The number of hydrogen-bond acceptors (Lipinski definition) is 4. The van der Waals surface area contributed by atoms with Gasteiger partial charge in [0.1, 0.15) is 5.75 Å². The molecule has 30 heavy (non-hydrogen) atoms. The van der Waals surface area contributed by atoms with Crippen molar-refractivity contribution in [1.29, 1.82) is 0 Å². The van der Waals surface area contributed by atoms with Crippen LogP contribution in [0.2, 0.25) is 0 Å². The highest BCUT2D eigenvalue weighted by atomic mass is 79.9. The van der Waals surface area contributed by atoms with Crippen molar-refractivity contribution < 1.29 is 9.84 Å². The van der Waals surface area contributed by atoms with Gasteiger partial charge in [-0.1, -0.05) is 22.0 Å². The van der Waals surface area contributed by atoms with E-state index >= 15 is 0 Å². The Morgan fingerprint density at radius 1 is 1.10 bits per heavy atom. The second-order valence-corrected chi connectivity index (χ2v) is 8.26. The van der Waals surface area contributed by atoms with E-state index in [0.29, 0.717) is 36.1 Å². The smallest absolute Gasteiger partial charge is 0.193 e. The van der Waals surface area contributed by atoms with Crippen LogP contribution >= 0.6 is 15.9 Å². The lowest BCUT2D eigenvalue weighted by Gasteiger charge is -2.09. The number of benzene rings is 2. The molecule has 0 saturated heterocycles. The predicted octanol–water partition coefficient (Wildman–Crippen LogP) is 4.55. The van der Waals surface area contributed by atoms with Gasteiger partial charge in [0.25, 0.3) is 0 Å². The van der Waals surface area contributed by atoms with Crippen LogP contribution in [0, 0.1) is 0 Å². The van der Waals surface area contributed by atoms with Crippen molar-refractivity contribution in [3.05, 3.63) is 86.9 Å². The van der Waals surface area contributed by atoms with Crippen LogP contribution in [-0.4, -0.2) is 27.7 Å². The van der Waals surface area contributed by atoms with Crippen molar-refractivity contribution in [3.8, 4) is 5.75 Å². The van der Waals surface area contributed by atoms with E-state index in [1.54, 1.807) is 12.4 Å². The van der Waals surface area contributed by atoms with Crippen molar-refractivity contribution in [2.24, 2.45) is 0 Å². The molecule has 0 fully saturated rings. The van der Waals surface area contributed by atoms with E-state index < -0.39 is 0 Å². The minimum Gasteiger partial charge on any atom is -0.493 e. The van der Waals surface area contributed by atoms with E-state index in [0.717, 1.165) is 31.8 Å². The van der Waals surface area contributed by atoms with E-state index in [9.17, 15) is 4.79 Å². The molecule has 0 unspecified atom stereocenters. The molecule has 0 bridgehead atoms. The summed E-state index contributed by atoms with van der Waals surface area (Å²) in [6.07, 6.45) is 6.53. The molecule has 5 nitrogen and oxygen atoms in total. The van der Waals surface area contributed by atoms with Gasteiger partial charge in [-0.3, -0.25) is 9.78 Å². The summed E-state index contributed by atoms with van der Waals surface area (Å²) in [5, 5.41) is 11.7. The third kappa shape index (κ3) is 3.22. The zero-order valence-electron chi connectivity index (χ0n) is 16.1. The summed E-state index contributed by atoms with van der Waals surface area (Å²) in [6, 6.07) is 13.8. The molecule has 6 heteroatoms. The van der Waals surface area contributed by atoms with Gasteiger partial charge in [0.15, 0.2) is 5.43 Å². The Morgan fingerprint density at radius 2 is 1.97 bits per heavy atom. The topological polar surface area (TPSA) is 63.8 Å². The fourth-order valence-electron chi connectivity index (χ4n) is 4.01. The fraction of sp³-hybridized carbons (Fsp3) is 0.167. The van der Waals surface area contributed by atoms with Crippen LogP contribution in [0.15, 0.2) is 70.3 Å². The number of fused-ring (bicyclic) bond motifs is 3. The quantitative estimate of drug-likeness (QED) is 0.376. The Labute approximate surface area is 181 Å². The number of aromatic nitrogens is 2. The molecule has 0 aliphatic heterocycles. The lowest BCUT2D eigenvalue weighted by atomic mass is 10.0. The molecule has 0 aliphatic carbocycles. The molecule has 0 aliphatic rings. The van der Waals surface area contributed by atoms with E-state index in [4.69, 9.17) is 9.84 Å². The second kappa shape index (κ2) is 7.70. The standard InChI is InChI=1S/C24H19BrN2O3/c25-17-4-5-22-19(10-17)20-11-18(30-8-2-7-28)12-21-23(20)27(22)14-16(24(21)29)9-15-3-1-6-26-13-15/h1,3-6,10-14,28H,2,7-9H2. The molecule has 0 amide bonds. The number of nitrogens with zero attached hydrogens (tertiary/aromatic N) is 2. The van der Waals surface area contributed by atoms with Crippen LogP contribution < -0.4 is 10.2 Å². The minimum absolute atomic E-state index is 0.00540. The molecular formula is C24H19BrN2O3. The van der Waals surface area contributed by atoms with Crippen LogP contribution in [0.3, 0.4) is 0 Å². The molecule has 0 atom stereocenters. The summed E-state index contributed by atoms with van der Waals surface area (Å²) in [7, 11) is 0. The van der Waals surface area contributed by atoms with Gasteiger partial charge in [0, 0.05) is 58.8 Å². The zero-order chi connectivity index (χ0) is 20.7. The van der Waals surface area contributed by atoms with Gasteiger partial charge in [-0.25, -0.2) is 0 Å². The van der Waals surface area contributed by atoms with Gasteiger partial charge in [0.2, 0.25) is 0 Å². The van der Waals surface area contributed by atoms with Crippen LogP contribution in [0.1, 0.15) is 17.5 Å². The Hall–Kier alpha value is -2.96.